The lowest BCUT2D eigenvalue weighted by Gasteiger charge is -2.36. The Bertz CT molecular complexity index is 816. The molecule has 2 aliphatic rings. The molecule has 30 heavy (non-hydrogen) atoms. The second-order valence-corrected chi connectivity index (χ2v) is 7.76. The Morgan fingerprint density at radius 2 is 1.87 bits per heavy atom. The van der Waals surface area contributed by atoms with Crippen LogP contribution >= 0.6 is 0 Å². The first kappa shape index (κ1) is 21.9. The second kappa shape index (κ2) is 9.82. The summed E-state index contributed by atoms with van der Waals surface area (Å²) in [5.74, 6) is -0.706. The number of halogens is 1. The molecule has 1 saturated heterocycles. The molecule has 162 valence electrons. The molecule has 0 saturated carbocycles. The van der Waals surface area contributed by atoms with Gasteiger partial charge in [-0.15, -0.1) is 0 Å². The maximum atomic E-state index is 13.4. The first-order valence-electron chi connectivity index (χ1n) is 10.4. The van der Waals surface area contributed by atoms with Crippen molar-refractivity contribution >= 4 is 23.5 Å². The van der Waals surface area contributed by atoms with Crippen LogP contribution in [-0.4, -0.2) is 60.1 Å². The molecule has 3 rings (SSSR count). The topological polar surface area (TPSA) is 79.3 Å². The fourth-order valence-electron chi connectivity index (χ4n) is 4.18. The van der Waals surface area contributed by atoms with E-state index in [2.05, 4.69) is 5.10 Å². The van der Waals surface area contributed by atoms with E-state index in [1.54, 1.807) is 31.0 Å². The third-order valence-electron chi connectivity index (χ3n) is 5.84. The number of carbonyl (C=O) groups excluding carboxylic acids is 3. The minimum absolute atomic E-state index is 0.0855. The molecule has 8 heteroatoms. The molecule has 0 bridgehead atoms. The van der Waals surface area contributed by atoms with Crippen molar-refractivity contribution in [2.75, 3.05) is 26.7 Å². The van der Waals surface area contributed by atoms with Gasteiger partial charge < -0.3 is 9.64 Å². The Morgan fingerprint density at radius 3 is 2.47 bits per heavy atom. The predicted molar refractivity (Wildman–Crippen MR) is 109 cm³/mol. The van der Waals surface area contributed by atoms with Crippen LogP contribution in [-0.2, 0) is 19.1 Å². The normalized spacial score (nSPS) is 18.8. The maximum absolute atomic E-state index is 13.4. The number of hydrogen-bond donors (Lipinski definition) is 0. The zero-order valence-corrected chi connectivity index (χ0v) is 17.5. The third-order valence-corrected chi connectivity index (χ3v) is 5.84. The van der Waals surface area contributed by atoms with Crippen LogP contribution < -0.4 is 0 Å². The van der Waals surface area contributed by atoms with Gasteiger partial charge in [0.15, 0.2) is 0 Å². The molecule has 2 amide bonds. The average molecular weight is 417 g/mol. The summed E-state index contributed by atoms with van der Waals surface area (Å²) in [4.78, 5) is 38.3. The molecule has 0 aliphatic carbocycles. The van der Waals surface area contributed by atoms with Gasteiger partial charge in [-0.25, -0.2) is 9.40 Å². The maximum Gasteiger partial charge on any atom is 0.306 e. The lowest BCUT2D eigenvalue weighted by atomic mass is 9.78. The van der Waals surface area contributed by atoms with Gasteiger partial charge in [0.1, 0.15) is 11.5 Å². The van der Waals surface area contributed by atoms with Crippen molar-refractivity contribution in [3.05, 3.63) is 35.6 Å². The lowest BCUT2D eigenvalue weighted by molar-refractivity contribution is -0.144. The van der Waals surface area contributed by atoms with E-state index in [1.165, 1.54) is 17.1 Å². The highest BCUT2D eigenvalue weighted by molar-refractivity contribution is 6.39. The van der Waals surface area contributed by atoms with Gasteiger partial charge in [0.25, 0.3) is 5.91 Å². The minimum atomic E-state index is -0.314. The molecule has 1 atom stereocenters. The van der Waals surface area contributed by atoms with Gasteiger partial charge in [-0.05, 0) is 49.3 Å². The summed E-state index contributed by atoms with van der Waals surface area (Å²) in [6.45, 7) is 3.20. The van der Waals surface area contributed by atoms with Crippen molar-refractivity contribution in [1.82, 2.24) is 9.91 Å². The standard InChI is InChI=1S/C22H28FN3O4/c1-3-30-21(28)14-18(15-4-6-17(23)7-5-15)16-10-12-26(13-11-16)22(29)19-8-9-20(27)25(2)24-19/h4-7,16,18H,3,8-14H2,1-2H3. The molecule has 0 radical (unpaired) electrons. The Kier molecular flexibility index (Phi) is 7.18. The fraction of sp³-hybridized carbons (Fsp3) is 0.545. The van der Waals surface area contributed by atoms with Crippen LogP contribution in [0.3, 0.4) is 0 Å². The average Bonchev–Trinajstić information content (AvgIpc) is 2.74. The number of esters is 1. The number of piperidine rings is 1. The Morgan fingerprint density at radius 1 is 1.20 bits per heavy atom. The summed E-state index contributed by atoms with van der Waals surface area (Å²) >= 11 is 0. The summed E-state index contributed by atoms with van der Waals surface area (Å²) in [5, 5.41) is 5.35. The lowest BCUT2D eigenvalue weighted by Crippen LogP contribution is -2.45. The van der Waals surface area contributed by atoms with E-state index in [9.17, 15) is 18.8 Å². The molecule has 1 aromatic rings. The summed E-state index contributed by atoms with van der Waals surface area (Å²) < 4.78 is 18.5. The van der Waals surface area contributed by atoms with Crippen molar-refractivity contribution in [2.45, 2.75) is 44.9 Å². The van der Waals surface area contributed by atoms with E-state index in [0.717, 1.165) is 18.4 Å². The summed E-state index contributed by atoms with van der Waals surface area (Å²) in [5.41, 5.74) is 1.32. The number of hydrogen-bond acceptors (Lipinski definition) is 5. The van der Waals surface area contributed by atoms with Crippen molar-refractivity contribution in [1.29, 1.82) is 0 Å². The molecular weight excluding hydrogens is 389 g/mol. The number of likely N-dealkylation sites (tertiary alicyclic amines) is 1. The summed E-state index contributed by atoms with van der Waals surface area (Å²) in [6.07, 6.45) is 2.36. The van der Waals surface area contributed by atoms with E-state index in [4.69, 9.17) is 4.74 Å². The number of benzene rings is 1. The zero-order valence-electron chi connectivity index (χ0n) is 17.5. The van der Waals surface area contributed by atoms with Crippen LogP contribution in [0.25, 0.3) is 0 Å². The largest absolute Gasteiger partial charge is 0.466 e. The van der Waals surface area contributed by atoms with Gasteiger partial charge in [0.05, 0.1) is 13.0 Å². The van der Waals surface area contributed by atoms with Crippen LogP contribution in [0.15, 0.2) is 29.4 Å². The van der Waals surface area contributed by atoms with E-state index >= 15 is 0 Å². The second-order valence-electron chi connectivity index (χ2n) is 7.76. The van der Waals surface area contributed by atoms with Crippen molar-refractivity contribution in [2.24, 2.45) is 11.0 Å². The van der Waals surface area contributed by atoms with Crippen LogP contribution in [0.2, 0.25) is 0 Å². The molecule has 0 spiro atoms. The van der Waals surface area contributed by atoms with Crippen molar-refractivity contribution in [3.8, 4) is 0 Å². The summed E-state index contributed by atoms with van der Waals surface area (Å²) in [7, 11) is 1.56. The van der Waals surface area contributed by atoms with Gasteiger partial charge >= 0.3 is 5.97 Å². The molecular formula is C22H28FN3O4. The minimum Gasteiger partial charge on any atom is -0.466 e. The molecule has 0 N–H and O–H groups in total. The van der Waals surface area contributed by atoms with E-state index in [-0.39, 0.29) is 41.9 Å². The van der Waals surface area contributed by atoms with Crippen LogP contribution in [0, 0.1) is 11.7 Å². The van der Waals surface area contributed by atoms with Gasteiger partial charge in [0, 0.05) is 33.0 Å². The molecule has 0 aromatic heterocycles. The van der Waals surface area contributed by atoms with Gasteiger partial charge in [0.2, 0.25) is 5.91 Å². The third kappa shape index (κ3) is 5.23. The molecule has 1 aromatic carbocycles. The Hall–Kier alpha value is -2.77. The SMILES string of the molecule is CCOC(=O)CC(c1ccc(F)cc1)C1CCN(C(=O)C2=NN(C)C(=O)CC2)CC1. The number of carbonyl (C=O) groups is 3. The van der Waals surface area contributed by atoms with Crippen molar-refractivity contribution < 1.29 is 23.5 Å². The van der Waals surface area contributed by atoms with Crippen molar-refractivity contribution in [3.63, 3.8) is 0 Å². The molecule has 7 nitrogen and oxygen atoms in total. The van der Waals surface area contributed by atoms with Gasteiger partial charge in [-0.2, -0.15) is 5.10 Å². The molecule has 2 aliphatic heterocycles. The monoisotopic (exact) mass is 417 g/mol. The number of ether oxygens (including phenoxy) is 1. The first-order chi connectivity index (χ1) is 14.4. The molecule has 1 fully saturated rings. The number of amides is 2. The molecule has 2 heterocycles. The van der Waals surface area contributed by atoms with Crippen LogP contribution in [0.1, 0.15) is 50.5 Å². The van der Waals surface area contributed by atoms with E-state index < -0.39 is 0 Å². The quantitative estimate of drug-likeness (QED) is 0.667. The van der Waals surface area contributed by atoms with E-state index in [0.29, 0.717) is 38.2 Å². The summed E-state index contributed by atoms with van der Waals surface area (Å²) in [6, 6.07) is 6.26. The fourth-order valence-corrected chi connectivity index (χ4v) is 4.18. The smallest absolute Gasteiger partial charge is 0.306 e. The predicted octanol–water partition coefficient (Wildman–Crippen LogP) is 2.71. The Balaban J connectivity index is 1.67. The number of hydrazone groups is 1. The highest BCUT2D eigenvalue weighted by Gasteiger charge is 2.33. The highest BCUT2D eigenvalue weighted by atomic mass is 19.1. The van der Waals surface area contributed by atoms with Crippen LogP contribution in [0.4, 0.5) is 4.39 Å². The van der Waals surface area contributed by atoms with Crippen LogP contribution in [0.5, 0.6) is 0 Å². The zero-order chi connectivity index (χ0) is 21.7. The Labute approximate surface area is 175 Å². The first-order valence-corrected chi connectivity index (χ1v) is 10.4. The number of rotatable bonds is 6. The number of nitrogens with zero attached hydrogens (tertiary/aromatic N) is 3. The van der Waals surface area contributed by atoms with E-state index in [1.807, 2.05) is 0 Å². The highest BCUT2D eigenvalue weighted by Crippen LogP contribution is 2.36. The van der Waals surface area contributed by atoms with Gasteiger partial charge in [-0.1, -0.05) is 12.1 Å². The van der Waals surface area contributed by atoms with Gasteiger partial charge in [-0.3, -0.25) is 14.4 Å². The molecule has 1 unspecified atom stereocenters.